The maximum Gasteiger partial charge on any atom is 0.238 e. The molecule has 2 atom stereocenters. The number of halogens is 1. The number of thioether (sulfide) groups is 1. The van der Waals surface area contributed by atoms with Crippen molar-refractivity contribution in [2.75, 3.05) is 11.1 Å². The monoisotopic (exact) mass is 443 g/mol. The van der Waals surface area contributed by atoms with Crippen molar-refractivity contribution in [3.63, 3.8) is 0 Å². The molecule has 2 unspecified atom stereocenters. The summed E-state index contributed by atoms with van der Waals surface area (Å²) in [5.74, 6) is 0.711. The molecule has 3 rings (SSSR count). The Balaban J connectivity index is 1.60. The number of anilines is 1. The Labute approximate surface area is 184 Å². The maximum atomic E-state index is 12.6. The number of carbonyl (C=O) groups is 2. The highest BCUT2D eigenvalue weighted by Gasteiger charge is 2.20. The van der Waals surface area contributed by atoms with E-state index in [0.717, 1.165) is 11.1 Å². The molecule has 30 heavy (non-hydrogen) atoms. The fourth-order valence-electron chi connectivity index (χ4n) is 2.79. The number of benzene rings is 2. The van der Waals surface area contributed by atoms with Crippen molar-refractivity contribution in [1.29, 1.82) is 0 Å². The van der Waals surface area contributed by atoms with Crippen LogP contribution in [0.2, 0.25) is 5.02 Å². The molecule has 0 spiro atoms. The van der Waals surface area contributed by atoms with Gasteiger partial charge in [0.25, 0.3) is 0 Å². The third kappa shape index (κ3) is 6.11. The first kappa shape index (κ1) is 21.9. The molecule has 0 saturated carbocycles. The second-order valence-corrected chi connectivity index (χ2v) is 8.49. The molecule has 0 aliphatic rings. The SMILES string of the molecule is Cc1cc(NC(=O)C(C)SCC(=O)NC(c2ccccc2)c2ccc(Cl)cc2)no1. The van der Waals surface area contributed by atoms with Gasteiger partial charge in [0.1, 0.15) is 5.76 Å². The molecule has 2 N–H and O–H groups in total. The second kappa shape index (κ2) is 10.3. The second-order valence-electron chi connectivity index (χ2n) is 6.73. The van der Waals surface area contributed by atoms with Gasteiger partial charge < -0.3 is 15.2 Å². The van der Waals surface area contributed by atoms with Crippen LogP contribution in [0.3, 0.4) is 0 Å². The van der Waals surface area contributed by atoms with Gasteiger partial charge in [-0.3, -0.25) is 9.59 Å². The molecular formula is C22H22ClN3O3S. The molecular weight excluding hydrogens is 422 g/mol. The minimum Gasteiger partial charge on any atom is -0.360 e. The van der Waals surface area contributed by atoms with Gasteiger partial charge in [0.05, 0.1) is 17.0 Å². The van der Waals surface area contributed by atoms with E-state index in [1.807, 2.05) is 42.5 Å². The summed E-state index contributed by atoms with van der Waals surface area (Å²) < 4.78 is 4.93. The third-order valence-electron chi connectivity index (χ3n) is 4.35. The Morgan fingerprint density at radius 1 is 1.10 bits per heavy atom. The van der Waals surface area contributed by atoms with E-state index < -0.39 is 5.25 Å². The zero-order valence-corrected chi connectivity index (χ0v) is 18.2. The molecule has 1 heterocycles. The number of aryl methyl sites for hydroxylation is 1. The summed E-state index contributed by atoms with van der Waals surface area (Å²) in [6.07, 6.45) is 0. The molecule has 3 aromatic rings. The number of amides is 2. The van der Waals surface area contributed by atoms with Gasteiger partial charge in [0, 0.05) is 11.1 Å². The van der Waals surface area contributed by atoms with E-state index in [1.165, 1.54) is 11.8 Å². The van der Waals surface area contributed by atoms with E-state index in [4.69, 9.17) is 16.1 Å². The summed E-state index contributed by atoms with van der Waals surface area (Å²) in [6.45, 7) is 3.49. The number of aromatic nitrogens is 1. The minimum absolute atomic E-state index is 0.142. The summed E-state index contributed by atoms with van der Waals surface area (Å²) in [6, 6.07) is 18.4. The molecule has 8 heteroatoms. The number of hydrogen-bond donors (Lipinski definition) is 2. The standard InChI is InChI=1S/C22H22ClN3O3S/c1-14-12-19(26-29-14)24-22(28)15(2)30-13-20(27)25-21(16-6-4-3-5-7-16)17-8-10-18(23)11-9-17/h3-12,15,21H,13H2,1-2H3,(H,25,27)(H,24,26,28). The highest BCUT2D eigenvalue weighted by Crippen LogP contribution is 2.24. The highest BCUT2D eigenvalue weighted by atomic mass is 35.5. The Hall–Kier alpha value is -2.77. The van der Waals surface area contributed by atoms with Crippen molar-refractivity contribution >= 4 is 41.0 Å². The predicted molar refractivity (Wildman–Crippen MR) is 120 cm³/mol. The van der Waals surface area contributed by atoms with Gasteiger partial charge in [-0.25, -0.2) is 0 Å². The van der Waals surface area contributed by atoms with Gasteiger partial charge >= 0.3 is 0 Å². The Morgan fingerprint density at radius 2 is 1.77 bits per heavy atom. The molecule has 1 aromatic heterocycles. The van der Waals surface area contributed by atoms with E-state index in [0.29, 0.717) is 16.6 Å². The summed E-state index contributed by atoms with van der Waals surface area (Å²) in [4.78, 5) is 24.9. The lowest BCUT2D eigenvalue weighted by atomic mass is 9.99. The van der Waals surface area contributed by atoms with Crippen LogP contribution in [0.4, 0.5) is 5.82 Å². The van der Waals surface area contributed by atoms with Gasteiger partial charge in [-0.15, -0.1) is 11.8 Å². The smallest absolute Gasteiger partial charge is 0.238 e. The first-order valence-electron chi connectivity index (χ1n) is 9.38. The molecule has 156 valence electrons. The lowest BCUT2D eigenvalue weighted by Crippen LogP contribution is -2.32. The van der Waals surface area contributed by atoms with E-state index in [2.05, 4.69) is 15.8 Å². The van der Waals surface area contributed by atoms with Crippen molar-refractivity contribution < 1.29 is 14.1 Å². The van der Waals surface area contributed by atoms with Gasteiger partial charge in [0.2, 0.25) is 11.8 Å². The normalized spacial score (nSPS) is 12.8. The topological polar surface area (TPSA) is 84.2 Å². The zero-order valence-electron chi connectivity index (χ0n) is 16.6. The molecule has 2 amide bonds. The highest BCUT2D eigenvalue weighted by molar-refractivity contribution is 8.01. The van der Waals surface area contributed by atoms with Crippen LogP contribution in [0, 0.1) is 6.92 Å². The fraction of sp³-hybridized carbons (Fsp3) is 0.227. The fourth-order valence-corrected chi connectivity index (χ4v) is 3.61. The van der Waals surface area contributed by atoms with Crippen molar-refractivity contribution in [2.24, 2.45) is 0 Å². The van der Waals surface area contributed by atoms with Gasteiger partial charge in [-0.1, -0.05) is 59.2 Å². The van der Waals surface area contributed by atoms with Crippen molar-refractivity contribution in [3.05, 3.63) is 82.6 Å². The van der Waals surface area contributed by atoms with Crippen LogP contribution in [-0.4, -0.2) is 28.0 Å². The van der Waals surface area contributed by atoms with E-state index in [1.54, 1.807) is 32.0 Å². The molecule has 2 aromatic carbocycles. The zero-order chi connectivity index (χ0) is 21.5. The molecule has 0 aliphatic heterocycles. The predicted octanol–water partition coefficient (Wildman–Crippen LogP) is 4.60. The number of carbonyl (C=O) groups excluding carboxylic acids is 2. The van der Waals surface area contributed by atoms with Crippen LogP contribution < -0.4 is 10.6 Å². The molecule has 6 nitrogen and oxygen atoms in total. The van der Waals surface area contributed by atoms with Crippen LogP contribution in [0.1, 0.15) is 29.9 Å². The molecule has 0 fully saturated rings. The van der Waals surface area contributed by atoms with Crippen LogP contribution in [0.15, 0.2) is 65.2 Å². The quantitative estimate of drug-likeness (QED) is 0.531. The van der Waals surface area contributed by atoms with E-state index in [-0.39, 0.29) is 23.6 Å². The van der Waals surface area contributed by atoms with Crippen molar-refractivity contribution in [3.8, 4) is 0 Å². The Morgan fingerprint density at radius 3 is 2.40 bits per heavy atom. The van der Waals surface area contributed by atoms with Crippen molar-refractivity contribution in [2.45, 2.75) is 25.1 Å². The van der Waals surface area contributed by atoms with Crippen molar-refractivity contribution in [1.82, 2.24) is 10.5 Å². The molecule has 0 saturated heterocycles. The minimum atomic E-state index is -0.432. The number of nitrogens with zero attached hydrogens (tertiary/aromatic N) is 1. The van der Waals surface area contributed by atoms with Gasteiger partial charge in [-0.05, 0) is 37.1 Å². The van der Waals surface area contributed by atoms with E-state index >= 15 is 0 Å². The number of nitrogens with one attached hydrogen (secondary N) is 2. The van der Waals surface area contributed by atoms with Crippen LogP contribution in [0.5, 0.6) is 0 Å². The van der Waals surface area contributed by atoms with E-state index in [9.17, 15) is 9.59 Å². The molecule has 0 radical (unpaired) electrons. The van der Waals surface area contributed by atoms with Crippen LogP contribution in [0.25, 0.3) is 0 Å². The molecule has 0 aliphatic carbocycles. The summed E-state index contributed by atoms with van der Waals surface area (Å²) in [5, 5.41) is 9.67. The largest absolute Gasteiger partial charge is 0.360 e. The number of rotatable bonds is 8. The first-order valence-corrected chi connectivity index (χ1v) is 10.8. The van der Waals surface area contributed by atoms with Crippen LogP contribution in [-0.2, 0) is 9.59 Å². The van der Waals surface area contributed by atoms with Gasteiger partial charge in [0.15, 0.2) is 5.82 Å². The Bertz CT molecular complexity index is 992. The maximum absolute atomic E-state index is 12.6. The third-order valence-corrected chi connectivity index (χ3v) is 5.75. The summed E-state index contributed by atoms with van der Waals surface area (Å²) in [5.41, 5.74) is 1.89. The first-order chi connectivity index (χ1) is 14.4. The number of hydrogen-bond acceptors (Lipinski definition) is 5. The average molecular weight is 444 g/mol. The summed E-state index contributed by atoms with van der Waals surface area (Å²) in [7, 11) is 0. The van der Waals surface area contributed by atoms with Crippen LogP contribution >= 0.6 is 23.4 Å². The Kier molecular flexibility index (Phi) is 7.54. The lowest BCUT2D eigenvalue weighted by Gasteiger charge is -2.20. The average Bonchev–Trinajstić information content (AvgIpc) is 3.16. The molecule has 0 bridgehead atoms. The lowest BCUT2D eigenvalue weighted by molar-refractivity contribution is -0.119. The van der Waals surface area contributed by atoms with Gasteiger partial charge in [-0.2, -0.15) is 0 Å². The summed E-state index contributed by atoms with van der Waals surface area (Å²) >= 11 is 7.25.